The average molecular weight is 252 g/mol. The fraction of sp³-hybridized carbons (Fsp3) is 0.545. The van der Waals surface area contributed by atoms with Crippen LogP contribution in [0.1, 0.15) is 42.7 Å². The van der Waals surface area contributed by atoms with Crippen molar-refractivity contribution >= 4 is 16.7 Å². The second-order valence-electron chi connectivity index (χ2n) is 3.97. The number of rotatable bonds is 4. The van der Waals surface area contributed by atoms with Gasteiger partial charge in [-0.1, -0.05) is 12.1 Å². The molecule has 0 radical (unpaired) electrons. The fourth-order valence-electron chi connectivity index (χ4n) is 1.82. The summed E-state index contributed by atoms with van der Waals surface area (Å²) < 4.78 is 9.40. The number of hydrogen-bond acceptors (Lipinski definition) is 6. The zero-order valence-electron chi connectivity index (χ0n) is 10.4. The summed E-state index contributed by atoms with van der Waals surface area (Å²) in [4.78, 5) is 4.38. The molecule has 2 rings (SSSR count). The van der Waals surface area contributed by atoms with Gasteiger partial charge in [0.2, 0.25) is 5.13 Å². The van der Waals surface area contributed by atoms with Crippen LogP contribution in [-0.4, -0.2) is 14.5 Å². The molecule has 0 aliphatic rings. The second kappa shape index (κ2) is 4.83. The van der Waals surface area contributed by atoms with Crippen LogP contribution in [-0.2, 0) is 6.42 Å². The molecule has 17 heavy (non-hydrogen) atoms. The summed E-state index contributed by atoms with van der Waals surface area (Å²) in [6.45, 7) is 7.98. The van der Waals surface area contributed by atoms with E-state index in [-0.39, 0.29) is 6.04 Å². The molecule has 92 valence electrons. The van der Waals surface area contributed by atoms with Gasteiger partial charge in [0.05, 0.1) is 11.7 Å². The van der Waals surface area contributed by atoms with Gasteiger partial charge < -0.3 is 9.84 Å². The summed E-state index contributed by atoms with van der Waals surface area (Å²) in [6.07, 6.45) is 0.859. The molecule has 1 N–H and O–H groups in total. The van der Waals surface area contributed by atoms with Crippen molar-refractivity contribution in [1.29, 1.82) is 0 Å². The molecule has 0 amide bonds. The Hall–Kier alpha value is -1.43. The molecule has 0 saturated carbocycles. The van der Waals surface area contributed by atoms with Gasteiger partial charge in [-0.15, -0.1) is 0 Å². The molecule has 0 saturated heterocycles. The molecule has 2 aromatic rings. The highest BCUT2D eigenvalue weighted by Gasteiger charge is 2.17. The summed E-state index contributed by atoms with van der Waals surface area (Å²) in [5, 5.41) is 8.12. The summed E-state index contributed by atoms with van der Waals surface area (Å²) in [5.41, 5.74) is 2.01. The predicted octanol–water partition coefficient (Wildman–Crippen LogP) is 2.88. The van der Waals surface area contributed by atoms with Crippen LogP contribution in [0, 0.1) is 13.8 Å². The zero-order valence-corrected chi connectivity index (χ0v) is 11.3. The van der Waals surface area contributed by atoms with Crippen LogP contribution in [0.15, 0.2) is 4.52 Å². The van der Waals surface area contributed by atoms with Crippen molar-refractivity contribution in [2.45, 2.75) is 40.2 Å². The molecular weight excluding hydrogens is 236 g/mol. The summed E-state index contributed by atoms with van der Waals surface area (Å²) in [5.74, 6) is 1.73. The highest BCUT2D eigenvalue weighted by Crippen LogP contribution is 2.25. The van der Waals surface area contributed by atoms with E-state index < -0.39 is 0 Å². The number of anilines is 1. The van der Waals surface area contributed by atoms with Gasteiger partial charge in [-0.2, -0.15) is 4.37 Å². The molecular formula is C11H16N4OS. The third-order valence-corrected chi connectivity index (χ3v) is 3.33. The van der Waals surface area contributed by atoms with Gasteiger partial charge in [0, 0.05) is 23.5 Å². The van der Waals surface area contributed by atoms with Crippen LogP contribution in [0.5, 0.6) is 0 Å². The molecule has 1 unspecified atom stereocenters. The van der Waals surface area contributed by atoms with Crippen molar-refractivity contribution in [3.05, 3.63) is 22.8 Å². The first kappa shape index (κ1) is 12.0. The van der Waals surface area contributed by atoms with Crippen molar-refractivity contribution in [3.63, 3.8) is 0 Å². The lowest BCUT2D eigenvalue weighted by Gasteiger charge is -2.11. The topological polar surface area (TPSA) is 63.8 Å². The Morgan fingerprint density at radius 3 is 2.71 bits per heavy atom. The monoisotopic (exact) mass is 252 g/mol. The normalized spacial score (nSPS) is 12.7. The standard InChI is InChI=1S/C11H16N4OS/c1-5-9-13-11(17-15-9)12-6(2)10-7(3)14-16-8(10)4/h6H,5H2,1-4H3,(H,12,13,15). The van der Waals surface area contributed by atoms with E-state index in [1.165, 1.54) is 11.5 Å². The van der Waals surface area contributed by atoms with Crippen LogP contribution in [0.4, 0.5) is 5.13 Å². The van der Waals surface area contributed by atoms with E-state index in [1.807, 2.05) is 20.8 Å². The third-order valence-electron chi connectivity index (χ3n) is 2.65. The molecule has 2 aromatic heterocycles. The lowest BCUT2D eigenvalue weighted by atomic mass is 10.1. The number of nitrogens with one attached hydrogen (secondary N) is 1. The molecule has 0 fully saturated rings. The van der Waals surface area contributed by atoms with Crippen LogP contribution in [0.25, 0.3) is 0 Å². The molecule has 0 bridgehead atoms. The second-order valence-corrected chi connectivity index (χ2v) is 4.73. The SMILES string of the molecule is CCc1nsc(NC(C)c2c(C)noc2C)n1. The maximum absolute atomic E-state index is 5.16. The van der Waals surface area contributed by atoms with E-state index in [9.17, 15) is 0 Å². The first-order chi connectivity index (χ1) is 8.11. The van der Waals surface area contributed by atoms with E-state index in [0.717, 1.165) is 34.4 Å². The average Bonchev–Trinajstić information content (AvgIpc) is 2.86. The van der Waals surface area contributed by atoms with Gasteiger partial charge in [-0.25, -0.2) is 4.98 Å². The molecule has 0 aliphatic carbocycles. The first-order valence-corrected chi connectivity index (χ1v) is 6.41. The van der Waals surface area contributed by atoms with Gasteiger partial charge in [-0.05, 0) is 20.8 Å². The van der Waals surface area contributed by atoms with Crippen LogP contribution >= 0.6 is 11.5 Å². The minimum absolute atomic E-state index is 0.124. The molecule has 1 atom stereocenters. The summed E-state index contributed by atoms with van der Waals surface area (Å²) in [7, 11) is 0. The van der Waals surface area contributed by atoms with Gasteiger partial charge >= 0.3 is 0 Å². The molecule has 0 aliphatic heterocycles. The van der Waals surface area contributed by atoms with Gasteiger partial charge in [0.25, 0.3) is 0 Å². The summed E-state index contributed by atoms with van der Waals surface area (Å²) >= 11 is 1.39. The summed E-state index contributed by atoms with van der Waals surface area (Å²) in [6, 6.07) is 0.124. The van der Waals surface area contributed by atoms with Crippen LogP contribution in [0.2, 0.25) is 0 Å². The Morgan fingerprint density at radius 2 is 2.18 bits per heavy atom. The van der Waals surface area contributed by atoms with Gasteiger partial charge in [0.1, 0.15) is 11.6 Å². The lowest BCUT2D eigenvalue weighted by Crippen LogP contribution is -2.08. The largest absolute Gasteiger partial charge is 0.361 e. The van der Waals surface area contributed by atoms with E-state index in [2.05, 4.69) is 26.8 Å². The van der Waals surface area contributed by atoms with Crippen molar-refractivity contribution < 1.29 is 4.52 Å². The van der Waals surface area contributed by atoms with E-state index >= 15 is 0 Å². The van der Waals surface area contributed by atoms with Gasteiger partial charge in [0.15, 0.2) is 0 Å². The van der Waals surface area contributed by atoms with Crippen LogP contribution in [0.3, 0.4) is 0 Å². The fourth-order valence-corrected chi connectivity index (χ4v) is 2.56. The van der Waals surface area contributed by atoms with Crippen molar-refractivity contribution in [2.24, 2.45) is 0 Å². The molecule has 5 nitrogen and oxygen atoms in total. The van der Waals surface area contributed by atoms with Crippen molar-refractivity contribution in [1.82, 2.24) is 14.5 Å². The number of nitrogens with zero attached hydrogens (tertiary/aromatic N) is 3. The Labute approximate surface area is 104 Å². The highest BCUT2D eigenvalue weighted by atomic mass is 32.1. The molecule has 2 heterocycles. The Balaban J connectivity index is 2.14. The van der Waals surface area contributed by atoms with Crippen molar-refractivity contribution in [3.8, 4) is 0 Å². The van der Waals surface area contributed by atoms with Gasteiger partial charge in [-0.3, -0.25) is 0 Å². The Kier molecular flexibility index (Phi) is 3.42. The van der Waals surface area contributed by atoms with E-state index in [1.54, 1.807) is 0 Å². The maximum Gasteiger partial charge on any atom is 0.203 e. The number of hydrogen-bond donors (Lipinski definition) is 1. The van der Waals surface area contributed by atoms with E-state index in [0.29, 0.717) is 0 Å². The van der Waals surface area contributed by atoms with Crippen LogP contribution < -0.4 is 5.32 Å². The Morgan fingerprint density at radius 1 is 1.41 bits per heavy atom. The number of aromatic nitrogens is 3. The lowest BCUT2D eigenvalue weighted by molar-refractivity contribution is 0.392. The maximum atomic E-state index is 5.16. The highest BCUT2D eigenvalue weighted by molar-refractivity contribution is 7.09. The predicted molar refractivity (Wildman–Crippen MR) is 67.3 cm³/mol. The number of aryl methyl sites for hydroxylation is 3. The van der Waals surface area contributed by atoms with Crippen molar-refractivity contribution in [2.75, 3.05) is 5.32 Å². The Bertz CT molecular complexity index is 486. The minimum atomic E-state index is 0.124. The third kappa shape index (κ3) is 2.46. The molecule has 6 heteroatoms. The molecule has 0 spiro atoms. The molecule has 0 aromatic carbocycles. The first-order valence-electron chi connectivity index (χ1n) is 5.63. The quantitative estimate of drug-likeness (QED) is 0.906. The zero-order chi connectivity index (χ0) is 12.4. The smallest absolute Gasteiger partial charge is 0.203 e. The minimum Gasteiger partial charge on any atom is -0.361 e. The van der Waals surface area contributed by atoms with E-state index in [4.69, 9.17) is 4.52 Å².